The molecule has 0 aromatic carbocycles. The summed E-state index contributed by atoms with van der Waals surface area (Å²) in [5.41, 5.74) is 2.77. The van der Waals surface area contributed by atoms with Crippen molar-refractivity contribution in [2.24, 2.45) is 34.5 Å². The first-order chi connectivity index (χ1) is 12.8. The average molecular weight is 369 g/mol. The molecule has 2 unspecified atom stereocenters. The second-order valence-corrected chi connectivity index (χ2v) is 10.1. The van der Waals surface area contributed by atoms with Crippen LogP contribution >= 0.6 is 0 Å². The van der Waals surface area contributed by atoms with Crippen molar-refractivity contribution in [3.63, 3.8) is 0 Å². The Kier molecular flexibility index (Phi) is 3.76. The molecule has 4 aliphatic rings. The third kappa shape index (κ3) is 2.30. The van der Waals surface area contributed by atoms with Gasteiger partial charge in [-0.25, -0.2) is 0 Å². The molecule has 1 aromatic rings. The zero-order chi connectivity index (χ0) is 19.0. The molecule has 1 heterocycles. The predicted octanol–water partition coefficient (Wildman–Crippen LogP) is 5.73. The maximum absolute atomic E-state index is 10.9. The summed E-state index contributed by atoms with van der Waals surface area (Å²) in [7, 11) is 0. The molecule has 3 nitrogen and oxygen atoms in total. The number of hydrogen-bond donors (Lipinski definition) is 2. The molecule has 3 heteroatoms. The van der Waals surface area contributed by atoms with Crippen molar-refractivity contribution >= 4 is 5.57 Å². The van der Waals surface area contributed by atoms with Crippen molar-refractivity contribution in [2.45, 2.75) is 65.4 Å². The molecule has 0 bridgehead atoms. The number of fused-ring (bicyclic) bond motifs is 5. The molecule has 0 saturated heterocycles. The number of rotatable bonds is 1. The Bertz CT molecular complexity index is 804. The highest BCUT2D eigenvalue weighted by Gasteiger charge is 2.60. The second-order valence-electron chi connectivity index (χ2n) is 10.1. The van der Waals surface area contributed by atoms with Crippen LogP contribution < -0.4 is 0 Å². The van der Waals surface area contributed by atoms with Crippen LogP contribution in [0.1, 0.15) is 65.1 Å². The van der Waals surface area contributed by atoms with Gasteiger partial charge in [0.15, 0.2) is 0 Å². The van der Waals surface area contributed by atoms with Gasteiger partial charge in [-0.15, -0.1) is 0 Å². The lowest BCUT2D eigenvalue weighted by Crippen LogP contribution is -2.52. The number of furan rings is 1. The molecule has 146 valence electrons. The van der Waals surface area contributed by atoms with E-state index in [1.54, 1.807) is 6.26 Å². The molecule has 5 rings (SSSR count). The summed E-state index contributed by atoms with van der Waals surface area (Å²) >= 11 is 0. The molecular formula is C24H32O3. The third-order valence-corrected chi connectivity index (χ3v) is 8.84. The Hall–Kier alpha value is -1.48. The van der Waals surface area contributed by atoms with Crippen molar-refractivity contribution in [3.05, 3.63) is 41.6 Å². The van der Waals surface area contributed by atoms with Gasteiger partial charge in [0.05, 0.1) is 12.4 Å². The summed E-state index contributed by atoms with van der Waals surface area (Å²) in [4.78, 5) is 0. The van der Waals surface area contributed by atoms with Gasteiger partial charge in [0, 0.05) is 17.4 Å². The minimum atomic E-state index is -0.162. The van der Waals surface area contributed by atoms with Crippen LogP contribution in [0, 0.1) is 34.5 Å². The van der Waals surface area contributed by atoms with Crippen molar-refractivity contribution in [1.29, 1.82) is 0 Å². The van der Waals surface area contributed by atoms with E-state index in [2.05, 4.69) is 26.8 Å². The summed E-state index contributed by atoms with van der Waals surface area (Å²) in [5.74, 6) is 3.60. The standard InChI is InChI=1S/C24H32O3/c1-14-11-15-12-16(25)6-8-23(15,2)17-7-9-24(3)18(21(14)17)13-19(26)22(24)20-5-4-10-27-20/h4-5,10-11,14,16-18,21,25-26H,6-9,12-13H2,1-3H3/t14?,16?,17-,18+,21-,23+,24+/m1/s1. The van der Waals surface area contributed by atoms with Crippen molar-refractivity contribution in [1.82, 2.24) is 0 Å². The molecule has 0 radical (unpaired) electrons. The quantitative estimate of drug-likeness (QED) is 0.623. The number of allylic oxidation sites excluding steroid dienone is 3. The number of hydrogen-bond acceptors (Lipinski definition) is 3. The fraction of sp³-hybridized carbons (Fsp3) is 0.667. The lowest BCUT2D eigenvalue weighted by molar-refractivity contribution is -0.0440. The first-order valence-electron chi connectivity index (χ1n) is 10.7. The van der Waals surface area contributed by atoms with Crippen LogP contribution in [0.2, 0.25) is 0 Å². The van der Waals surface area contributed by atoms with E-state index in [4.69, 9.17) is 4.42 Å². The topological polar surface area (TPSA) is 53.6 Å². The summed E-state index contributed by atoms with van der Waals surface area (Å²) in [6.07, 6.45) is 10.00. The van der Waals surface area contributed by atoms with Gasteiger partial charge in [0.25, 0.3) is 0 Å². The van der Waals surface area contributed by atoms with Crippen molar-refractivity contribution in [2.75, 3.05) is 0 Å². The summed E-state index contributed by atoms with van der Waals surface area (Å²) < 4.78 is 5.72. The smallest absolute Gasteiger partial charge is 0.133 e. The number of aliphatic hydroxyl groups is 2. The Morgan fingerprint density at radius 2 is 1.85 bits per heavy atom. The maximum atomic E-state index is 10.9. The van der Waals surface area contributed by atoms with Crippen LogP contribution in [0.15, 0.2) is 40.2 Å². The molecule has 0 aliphatic heterocycles. The van der Waals surface area contributed by atoms with E-state index in [0.717, 1.165) is 43.4 Å². The van der Waals surface area contributed by atoms with Gasteiger partial charge < -0.3 is 14.6 Å². The van der Waals surface area contributed by atoms with Gasteiger partial charge in [0.2, 0.25) is 0 Å². The van der Waals surface area contributed by atoms with E-state index in [1.165, 1.54) is 12.0 Å². The van der Waals surface area contributed by atoms with Crippen LogP contribution in [0.25, 0.3) is 5.57 Å². The molecule has 27 heavy (non-hydrogen) atoms. The first kappa shape index (κ1) is 17.6. The van der Waals surface area contributed by atoms with Gasteiger partial charge in [-0.3, -0.25) is 0 Å². The summed E-state index contributed by atoms with van der Waals surface area (Å²) in [5, 5.41) is 21.2. The normalized spacial score (nSPS) is 46.5. The molecule has 2 N–H and O–H groups in total. The largest absolute Gasteiger partial charge is 0.512 e. The van der Waals surface area contributed by atoms with Gasteiger partial charge in [-0.2, -0.15) is 0 Å². The Morgan fingerprint density at radius 3 is 2.59 bits per heavy atom. The Labute approximate surface area is 162 Å². The minimum Gasteiger partial charge on any atom is -0.512 e. The first-order valence-corrected chi connectivity index (χ1v) is 10.7. The van der Waals surface area contributed by atoms with Gasteiger partial charge >= 0.3 is 0 Å². The zero-order valence-electron chi connectivity index (χ0n) is 16.7. The predicted molar refractivity (Wildman–Crippen MR) is 106 cm³/mol. The lowest BCUT2D eigenvalue weighted by Gasteiger charge is -2.59. The van der Waals surface area contributed by atoms with Gasteiger partial charge in [0.1, 0.15) is 11.5 Å². The van der Waals surface area contributed by atoms with Gasteiger partial charge in [-0.05, 0) is 73.3 Å². The molecule has 0 spiro atoms. The van der Waals surface area contributed by atoms with Crippen molar-refractivity contribution in [3.8, 4) is 0 Å². The second kappa shape index (κ2) is 5.76. The Morgan fingerprint density at radius 1 is 1.07 bits per heavy atom. The van der Waals surface area contributed by atoms with Gasteiger partial charge in [-0.1, -0.05) is 32.4 Å². The fourth-order valence-corrected chi connectivity index (χ4v) is 7.50. The van der Waals surface area contributed by atoms with Crippen LogP contribution in [0.4, 0.5) is 0 Å². The fourth-order valence-electron chi connectivity index (χ4n) is 7.50. The third-order valence-electron chi connectivity index (χ3n) is 8.84. The summed E-state index contributed by atoms with van der Waals surface area (Å²) in [6.45, 7) is 7.17. The SMILES string of the molecule is CC1C=C2CC(O)CC[C@]2(C)[C@@H]2CC[C@]3(C)C(c4ccco4)=C(O)C[C@H]3[C@H]12. The minimum absolute atomic E-state index is 0.00670. The van der Waals surface area contributed by atoms with E-state index in [-0.39, 0.29) is 16.9 Å². The molecule has 2 fully saturated rings. The van der Waals surface area contributed by atoms with E-state index >= 15 is 0 Å². The van der Waals surface area contributed by atoms with E-state index in [9.17, 15) is 10.2 Å². The highest BCUT2D eigenvalue weighted by atomic mass is 16.3. The van der Waals surface area contributed by atoms with Crippen LogP contribution in [0.3, 0.4) is 0 Å². The Balaban J connectivity index is 1.55. The number of aliphatic hydroxyl groups excluding tert-OH is 2. The molecule has 1 aromatic heterocycles. The van der Waals surface area contributed by atoms with Crippen molar-refractivity contribution < 1.29 is 14.6 Å². The average Bonchev–Trinajstić information content (AvgIpc) is 3.21. The molecule has 7 atom stereocenters. The lowest BCUT2D eigenvalue weighted by atomic mass is 9.45. The molecule has 2 saturated carbocycles. The molecule has 4 aliphatic carbocycles. The van der Waals surface area contributed by atoms with Crippen LogP contribution in [0.5, 0.6) is 0 Å². The van der Waals surface area contributed by atoms with Crippen LogP contribution in [-0.4, -0.2) is 16.3 Å². The summed E-state index contributed by atoms with van der Waals surface area (Å²) in [6, 6.07) is 3.92. The molecule has 0 amide bonds. The van der Waals surface area contributed by atoms with E-state index in [0.29, 0.717) is 29.4 Å². The van der Waals surface area contributed by atoms with E-state index < -0.39 is 0 Å². The van der Waals surface area contributed by atoms with Crippen LogP contribution in [-0.2, 0) is 0 Å². The highest BCUT2D eigenvalue weighted by Crippen LogP contribution is 2.68. The van der Waals surface area contributed by atoms with E-state index in [1.807, 2.05) is 12.1 Å². The highest BCUT2D eigenvalue weighted by molar-refractivity contribution is 5.71. The maximum Gasteiger partial charge on any atom is 0.133 e. The zero-order valence-corrected chi connectivity index (χ0v) is 16.7. The molecular weight excluding hydrogens is 336 g/mol. The monoisotopic (exact) mass is 368 g/mol.